The first-order chi connectivity index (χ1) is 8.85. The third-order valence-corrected chi connectivity index (χ3v) is 4.50. The van der Waals surface area contributed by atoms with Gasteiger partial charge >= 0.3 is 0 Å². The van der Waals surface area contributed by atoms with E-state index in [9.17, 15) is 0 Å². The number of rotatable bonds is 6. The smallest absolute Gasteiger partial charge is 0.0616 e. The van der Waals surface area contributed by atoms with Crippen molar-refractivity contribution in [3.05, 3.63) is 35.4 Å². The van der Waals surface area contributed by atoms with Crippen LogP contribution in [0.3, 0.4) is 0 Å². The second-order valence-electron chi connectivity index (χ2n) is 4.87. The molecule has 0 aliphatic carbocycles. The zero-order valence-corrected chi connectivity index (χ0v) is 12.1. The second kappa shape index (κ2) is 7.17. The summed E-state index contributed by atoms with van der Waals surface area (Å²) in [6, 6.07) is 9.75. The van der Waals surface area contributed by atoms with Crippen molar-refractivity contribution in [2.75, 3.05) is 19.5 Å². The van der Waals surface area contributed by atoms with Crippen LogP contribution in [0.15, 0.2) is 24.3 Å². The highest BCUT2D eigenvalue weighted by molar-refractivity contribution is 7.98. The number of hydrogen-bond donors (Lipinski definition) is 1. The summed E-state index contributed by atoms with van der Waals surface area (Å²) in [6.45, 7) is 3.03. The Balaban J connectivity index is 2.05. The van der Waals surface area contributed by atoms with Gasteiger partial charge in [0.05, 0.1) is 6.61 Å². The third-order valence-electron chi connectivity index (χ3n) is 3.41. The Kier molecular flexibility index (Phi) is 5.54. The first kappa shape index (κ1) is 13.9. The van der Waals surface area contributed by atoms with Gasteiger partial charge in [-0.2, -0.15) is 11.8 Å². The molecule has 0 saturated heterocycles. The molecule has 0 aromatic heterocycles. The van der Waals surface area contributed by atoms with Crippen molar-refractivity contribution in [1.29, 1.82) is 0 Å². The van der Waals surface area contributed by atoms with Gasteiger partial charge in [-0.15, -0.1) is 0 Å². The largest absolute Gasteiger partial charge is 0.383 e. The van der Waals surface area contributed by atoms with Crippen LogP contribution in [0.4, 0.5) is 0 Å². The molecule has 2 nitrogen and oxygen atoms in total. The first-order valence-corrected chi connectivity index (χ1v) is 7.91. The lowest BCUT2D eigenvalue weighted by Gasteiger charge is -2.30. The fourth-order valence-corrected chi connectivity index (χ4v) is 3.68. The summed E-state index contributed by atoms with van der Waals surface area (Å²) in [4.78, 5) is 0. The summed E-state index contributed by atoms with van der Waals surface area (Å²) in [6.07, 6.45) is 2.37. The molecule has 100 valence electrons. The van der Waals surface area contributed by atoms with Gasteiger partial charge in [-0.25, -0.2) is 0 Å². The Morgan fingerprint density at radius 1 is 1.44 bits per heavy atom. The number of ether oxygens (including phenoxy) is 1. The summed E-state index contributed by atoms with van der Waals surface area (Å²) in [5.74, 6) is 2.32. The predicted molar refractivity (Wildman–Crippen MR) is 79.1 cm³/mol. The molecule has 0 amide bonds. The Labute approximate surface area is 114 Å². The monoisotopic (exact) mass is 265 g/mol. The molecule has 1 N–H and O–H groups in total. The van der Waals surface area contributed by atoms with Crippen LogP contribution >= 0.6 is 11.8 Å². The van der Waals surface area contributed by atoms with E-state index in [4.69, 9.17) is 4.74 Å². The zero-order valence-electron chi connectivity index (χ0n) is 11.3. The minimum atomic E-state index is 0.469. The van der Waals surface area contributed by atoms with Gasteiger partial charge in [-0.1, -0.05) is 37.6 Å². The number of thioether (sulfide) groups is 1. The van der Waals surface area contributed by atoms with E-state index >= 15 is 0 Å². The third kappa shape index (κ3) is 3.50. The molecule has 0 fully saturated rings. The molecule has 2 atom stereocenters. The molecule has 0 radical (unpaired) electrons. The molecule has 1 aromatic rings. The van der Waals surface area contributed by atoms with Crippen molar-refractivity contribution in [3.8, 4) is 0 Å². The zero-order chi connectivity index (χ0) is 12.8. The highest BCUT2D eigenvalue weighted by Crippen LogP contribution is 2.31. The van der Waals surface area contributed by atoms with Gasteiger partial charge in [0.2, 0.25) is 0 Å². The van der Waals surface area contributed by atoms with Crippen LogP contribution < -0.4 is 5.32 Å². The summed E-state index contributed by atoms with van der Waals surface area (Å²) < 4.78 is 5.32. The molecule has 2 unspecified atom stereocenters. The molecule has 1 heterocycles. The fourth-order valence-electron chi connectivity index (χ4n) is 2.57. The van der Waals surface area contributed by atoms with Crippen molar-refractivity contribution in [2.45, 2.75) is 37.6 Å². The number of benzene rings is 1. The predicted octanol–water partition coefficient (Wildman–Crippen LogP) is 3.38. The lowest BCUT2D eigenvalue weighted by atomic mass is 10.0. The minimum absolute atomic E-state index is 0.469. The maximum atomic E-state index is 5.32. The van der Waals surface area contributed by atoms with Crippen LogP contribution in [-0.2, 0) is 10.5 Å². The van der Waals surface area contributed by atoms with Crippen LogP contribution in [-0.4, -0.2) is 25.5 Å². The molecular formula is C15H23NOS. The van der Waals surface area contributed by atoms with Crippen molar-refractivity contribution in [1.82, 2.24) is 5.32 Å². The highest BCUT2D eigenvalue weighted by atomic mass is 32.2. The van der Waals surface area contributed by atoms with Gasteiger partial charge in [0.1, 0.15) is 0 Å². The van der Waals surface area contributed by atoms with E-state index in [1.165, 1.54) is 29.7 Å². The molecule has 3 heteroatoms. The molecule has 0 bridgehead atoms. The van der Waals surface area contributed by atoms with Crippen LogP contribution in [0.25, 0.3) is 0 Å². The van der Waals surface area contributed by atoms with Crippen LogP contribution in [0.2, 0.25) is 0 Å². The van der Waals surface area contributed by atoms with Gasteiger partial charge in [0.15, 0.2) is 0 Å². The average molecular weight is 265 g/mol. The van der Waals surface area contributed by atoms with E-state index < -0.39 is 0 Å². The normalized spacial score (nSPS) is 20.4. The number of methoxy groups -OCH3 is 1. The molecule has 18 heavy (non-hydrogen) atoms. The van der Waals surface area contributed by atoms with Crippen LogP contribution in [0, 0.1) is 0 Å². The van der Waals surface area contributed by atoms with Gasteiger partial charge in [0, 0.05) is 30.7 Å². The summed E-state index contributed by atoms with van der Waals surface area (Å²) >= 11 is 2.02. The van der Waals surface area contributed by atoms with Crippen molar-refractivity contribution < 1.29 is 4.74 Å². The van der Waals surface area contributed by atoms with E-state index in [-0.39, 0.29) is 0 Å². The molecular weight excluding hydrogens is 242 g/mol. The van der Waals surface area contributed by atoms with Gasteiger partial charge < -0.3 is 10.1 Å². The van der Waals surface area contributed by atoms with E-state index in [1.807, 2.05) is 11.8 Å². The number of fused-ring (bicyclic) bond motifs is 1. The van der Waals surface area contributed by atoms with E-state index in [1.54, 1.807) is 7.11 Å². The van der Waals surface area contributed by atoms with E-state index in [0.29, 0.717) is 12.1 Å². The van der Waals surface area contributed by atoms with Crippen LogP contribution in [0.5, 0.6) is 0 Å². The summed E-state index contributed by atoms with van der Waals surface area (Å²) in [5.41, 5.74) is 2.97. The lowest BCUT2D eigenvalue weighted by molar-refractivity contribution is 0.157. The maximum Gasteiger partial charge on any atom is 0.0616 e. The number of nitrogens with one attached hydrogen (secondary N) is 1. The molecule has 1 aromatic carbocycles. The highest BCUT2D eigenvalue weighted by Gasteiger charge is 2.22. The van der Waals surface area contributed by atoms with E-state index in [0.717, 1.165) is 12.4 Å². The molecule has 2 rings (SSSR count). The first-order valence-electron chi connectivity index (χ1n) is 6.75. The summed E-state index contributed by atoms with van der Waals surface area (Å²) in [5, 5.41) is 3.77. The Morgan fingerprint density at radius 3 is 3.06 bits per heavy atom. The Bertz CT molecular complexity index is 363. The molecule has 1 aliphatic heterocycles. The van der Waals surface area contributed by atoms with E-state index in [2.05, 4.69) is 36.5 Å². The standard InChI is InChI=1S/C15H23NOS/c1-3-6-13(9-17-2)16-15-11-18-10-12-7-4-5-8-14(12)15/h4-5,7-8,13,15-16H,3,6,9-11H2,1-2H3. The Morgan fingerprint density at radius 2 is 2.28 bits per heavy atom. The molecule has 0 spiro atoms. The van der Waals surface area contributed by atoms with Crippen LogP contribution in [0.1, 0.15) is 36.9 Å². The SMILES string of the molecule is CCCC(COC)NC1CSCc2ccccc21. The quantitative estimate of drug-likeness (QED) is 0.852. The summed E-state index contributed by atoms with van der Waals surface area (Å²) in [7, 11) is 1.79. The lowest BCUT2D eigenvalue weighted by Crippen LogP contribution is -2.38. The Hall–Kier alpha value is -0.510. The fraction of sp³-hybridized carbons (Fsp3) is 0.600. The minimum Gasteiger partial charge on any atom is -0.383 e. The maximum absolute atomic E-state index is 5.32. The van der Waals surface area contributed by atoms with Crippen molar-refractivity contribution in [2.24, 2.45) is 0 Å². The van der Waals surface area contributed by atoms with Gasteiger partial charge in [-0.05, 0) is 17.5 Å². The molecule has 0 saturated carbocycles. The number of hydrogen-bond acceptors (Lipinski definition) is 3. The van der Waals surface area contributed by atoms with Gasteiger partial charge in [0.25, 0.3) is 0 Å². The topological polar surface area (TPSA) is 21.3 Å². The molecule has 1 aliphatic rings. The second-order valence-corrected chi connectivity index (χ2v) is 5.90. The van der Waals surface area contributed by atoms with Crippen molar-refractivity contribution >= 4 is 11.8 Å². The van der Waals surface area contributed by atoms with Crippen molar-refractivity contribution in [3.63, 3.8) is 0 Å². The average Bonchev–Trinajstić information content (AvgIpc) is 2.40. The van der Waals surface area contributed by atoms with Gasteiger partial charge in [-0.3, -0.25) is 0 Å².